The highest BCUT2D eigenvalue weighted by molar-refractivity contribution is 7.12. The molecule has 1 aromatic heterocycles. The summed E-state index contributed by atoms with van der Waals surface area (Å²) in [7, 11) is 0. The van der Waals surface area contributed by atoms with E-state index in [2.05, 4.69) is 5.32 Å². The van der Waals surface area contributed by atoms with Crippen molar-refractivity contribution in [2.75, 3.05) is 0 Å². The zero-order chi connectivity index (χ0) is 11.5. The van der Waals surface area contributed by atoms with Crippen LogP contribution in [0.25, 0.3) is 6.08 Å². The van der Waals surface area contributed by atoms with E-state index in [9.17, 15) is 4.79 Å². The van der Waals surface area contributed by atoms with Crippen LogP contribution < -0.4 is 5.32 Å². The average Bonchev–Trinajstić information content (AvgIpc) is 2.97. The van der Waals surface area contributed by atoms with E-state index in [1.807, 2.05) is 25.1 Å². The van der Waals surface area contributed by atoms with Crippen LogP contribution in [0.1, 0.15) is 22.6 Å². The summed E-state index contributed by atoms with van der Waals surface area (Å²) in [5.74, 6) is -0.254. The molecule has 3 nitrogen and oxygen atoms in total. The fourth-order valence-electron chi connectivity index (χ4n) is 1.31. The van der Waals surface area contributed by atoms with Gasteiger partial charge in [0.05, 0.1) is 0 Å². The molecule has 0 unspecified atom stereocenters. The number of nitriles is 1. The Morgan fingerprint density at radius 3 is 2.88 bits per heavy atom. The first-order chi connectivity index (χ1) is 7.69. The molecule has 1 amide bonds. The minimum absolute atomic E-state index is 0.189. The highest BCUT2D eigenvalue weighted by Crippen LogP contribution is 2.21. The van der Waals surface area contributed by atoms with E-state index in [1.54, 1.807) is 17.4 Å². The summed E-state index contributed by atoms with van der Waals surface area (Å²) in [5, 5.41) is 11.7. The Balaban J connectivity index is 2.11. The number of hydrogen-bond donors (Lipinski definition) is 1. The van der Waals surface area contributed by atoms with Gasteiger partial charge in [-0.2, -0.15) is 5.26 Å². The molecule has 1 aliphatic rings. The third kappa shape index (κ3) is 2.71. The van der Waals surface area contributed by atoms with Crippen LogP contribution >= 0.6 is 11.3 Å². The largest absolute Gasteiger partial charge is 0.349 e. The molecule has 16 heavy (non-hydrogen) atoms. The number of carbonyl (C=O) groups is 1. The highest BCUT2D eigenvalue weighted by Gasteiger charge is 2.24. The van der Waals surface area contributed by atoms with Gasteiger partial charge in [0, 0.05) is 15.8 Å². The number of aryl methyl sites for hydroxylation is 1. The van der Waals surface area contributed by atoms with Gasteiger partial charge in [-0.3, -0.25) is 4.79 Å². The van der Waals surface area contributed by atoms with Crippen molar-refractivity contribution in [1.29, 1.82) is 5.26 Å². The summed E-state index contributed by atoms with van der Waals surface area (Å²) in [4.78, 5) is 13.8. The van der Waals surface area contributed by atoms with Crippen molar-refractivity contribution in [3.8, 4) is 6.07 Å². The third-order valence-corrected chi connectivity index (χ3v) is 3.27. The first kappa shape index (κ1) is 10.9. The maximum Gasteiger partial charge on any atom is 0.262 e. The van der Waals surface area contributed by atoms with Crippen LogP contribution in [0.2, 0.25) is 0 Å². The van der Waals surface area contributed by atoms with Crippen LogP contribution in [0.4, 0.5) is 0 Å². The standard InChI is InChI=1S/C12H12N2OS/c1-8-2-5-11(16-8)6-9(7-13)12(15)14-10-3-4-10/h2,5-6,10H,3-4H2,1H3,(H,14,15)/b9-6-. The van der Waals surface area contributed by atoms with E-state index in [0.717, 1.165) is 17.7 Å². The molecule has 0 radical (unpaired) electrons. The van der Waals surface area contributed by atoms with Crippen molar-refractivity contribution in [2.45, 2.75) is 25.8 Å². The van der Waals surface area contributed by atoms with Crippen LogP contribution in [0.5, 0.6) is 0 Å². The zero-order valence-corrected chi connectivity index (χ0v) is 9.80. The van der Waals surface area contributed by atoms with Crippen molar-refractivity contribution >= 4 is 23.3 Å². The number of hydrogen-bond acceptors (Lipinski definition) is 3. The predicted octanol–water partition coefficient (Wildman–Crippen LogP) is 2.24. The number of rotatable bonds is 3. The van der Waals surface area contributed by atoms with Crippen molar-refractivity contribution < 1.29 is 4.79 Å². The van der Waals surface area contributed by atoms with E-state index >= 15 is 0 Å². The van der Waals surface area contributed by atoms with Crippen LogP contribution in [0, 0.1) is 18.3 Å². The first-order valence-electron chi connectivity index (χ1n) is 5.18. The van der Waals surface area contributed by atoms with Crippen molar-refractivity contribution in [2.24, 2.45) is 0 Å². The van der Waals surface area contributed by atoms with Gasteiger partial charge in [0.1, 0.15) is 11.6 Å². The predicted molar refractivity (Wildman–Crippen MR) is 63.8 cm³/mol. The molecular weight excluding hydrogens is 220 g/mol. The normalized spacial score (nSPS) is 15.6. The molecule has 1 heterocycles. The van der Waals surface area contributed by atoms with Crippen molar-refractivity contribution in [1.82, 2.24) is 5.32 Å². The minimum Gasteiger partial charge on any atom is -0.349 e. The quantitative estimate of drug-likeness (QED) is 0.642. The summed E-state index contributed by atoms with van der Waals surface area (Å²) < 4.78 is 0. The molecule has 1 fully saturated rings. The Bertz CT molecular complexity index is 477. The third-order valence-electron chi connectivity index (χ3n) is 2.33. The van der Waals surface area contributed by atoms with Gasteiger partial charge in [0.25, 0.3) is 5.91 Å². The van der Waals surface area contributed by atoms with Gasteiger partial charge in [0.15, 0.2) is 0 Å². The van der Waals surface area contributed by atoms with E-state index in [-0.39, 0.29) is 17.5 Å². The smallest absolute Gasteiger partial charge is 0.262 e. The Hall–Kier alpha value is -1.60. The maximum atomic E-state index is 11.6. The van der Waals surface area contributed by atoms with Crippen molar-refractivity contribution in [3.63, 3.8) is 0 Å². The Morgan fingerprint density at radius 2 is 2.38 bits per heavy atom. The zero-order valence-electron chi connectivity index (χ0n) is 8.99. The van der Waals surface area contributed by atoms with E-state index < -0.39 is 0 Å². The summed E-state index contributed by atoms with van der Waals surface area (Å²) in [5.41, 5.74) is 0.189. The van der Waals surface area contributed by atoms with Crippen LogP contribution in [-0.2, 0) is 4.79 Å². The van der Waals surface area contributed by atoms with Crippen LogP contribution in [-0.4, -0.2) is 11.9 Å². The molecule has 0 bridgehead atoms. The molecule has 0 aliphatic heterocycles. The first-order valence-corrected chi connectivity index (χ1v) is 6.00. The molecule has 1 saturated carbocycles. The lowest BCUT2D eigenvalue weighted by atomic mass is 10.2. The SMILES string of the molecule is Cc1ccc(/C=C(/C#N)C(=O)NC2CC2)s1. The van der Waals surface area contributed by atoms with Gasteiger partial charge >= 0.3 is 0 Å². The van der Waals surface area contributed by atoms with E-state index in [1.165, 1.54) is 4.88 Å². The van der Waals surface area contributed by atoms with E-state index in [4.69, 9.17) is 5.26 Å². The van der Waals surface area contributed by atoms with Crippen LogP contribution in [0.15, 0.2) is 17.7 Å². The lowest BCUT2D eigenvalue weighted by Gasteiger charge is -1.99. The lowest BCUT2D eigenvalue weighted by Crippen LogP contribution is -2.26. The minimum atomic E-state index is -0.254. The summed E-state index contributed by atoms with van der Waals surface area (Å²) in [6.07, 6.45) is 3.71. The number of thiophene rings is 1. The second kappa shape index (κ2) is 4.50. The van der Waals surface area contributed by atoms with E-state index in [0.29, 0.717) is 0 Å². The average molecular weight is 232 g/mol. The lowest BCUT2D eigenvalue weighted by molar-refractivity contribution is -0.117. The van der Waals surface area contributed by atoms with Gasteiger partial charge in [-0.1, -0.05) is 0 Å². The Kier molecular flexibility index (Phi) is 3.07. The molecule has 0 spiro atoms. The Morgan fingerprint density at radius 1 is 1.62 bits per heavy atom. The van der Waals surface area contributed by atoms with Gasteiger partial charge < -0.3 is 5.32 Å². The number of nitrogens with zero attached hydrogens (tertiary/aromatic N) is 1. The molecule has 82 valence electrons. The number of amides is 1. The van der Waals surface area contributed by atoms with Crippen molar-refractivity contribution in [3.05, 3.63) is 27.5 Å². The summed E-state index contributed by atoms with van der Waals surface area (Å²) >= 11 is 1.58. The topological polar surface area (TPSA) is 52.9 Å². The molecule has 0 atom stereocenters. The number of nitrogens with one attached hydrogen (secondary N) is 1. The van der Waals surface area contributed by atoms with Gasteiger partial charge in [-0.15, -0.1) is 11.3 Å². The maximum absolute atomic E-state index is 11.6. The molecule has 1 aromatic rings. The molecule has 2 rings (SSSR count). The molecule has 4 heteroatoms. The fourth-order valence-corrected chi connectivity index (χ4v) is 2.13. The monoisotopic (exact) mass is 232 g/mol. The summed E-state index contributed by atoms with van der Waals surface area (Å²) in [6, 6.07) is 6.13. The summed E-state index contributed by atoms with van der Waals surface area (Å²) in [6.45, 7) is 2.00. The van der Waals surface area contributed by atoms with Gasteiger partial charge in [-0.05, 0) is 38.0 Å². The molecule has 0 saturated heterocycles. The second-order valence-corrected chi connectivity index (χ2v) is 5.19. The second-order valence-electron chi connectivity index (χ2n) is 3.87. The van der Waals surface area contributed by atoms with Gasteiger partial charge in [-0.25, -0.2) is 0 Å². The number of carbonyl (C=O) groups excluding carboxylic acids is 1. The molecule has 1 aliphatic carbocycles. The molecule has 1 N–H and O–H groups in total. The fraction of sp³-hybridized carbons (Fsp3) is 0.333. The van der Waals surface area contributed by atoms with Gasteiger partial charge in [0.2, 0.25) is 0 Å². The Labute approximate surface area is 98.4 Å². The highest BCUT2D eigenvalue weighted by atomic mass is 32.1. The van der Waals surface area contributed by atoms with Crippen LogP contribution in [0.3, 0.4) is 0 Å². The molecular formula is C12H12N2OS. The molecule has 0 aromatic carbocycles.